The lowest BCUT2D eigenvalue weighted by molar-refractivity contribution is 0.928. The molecule has 0 amide bonds. The van der Waals surface area contributed by atoms with Crippen molar-refractivity contribution < 1.29 is 0 Å². The van der Waals surface area contributed by atoms with Crippen LogP contribution >= 0.6 is 12.2 Å². The Morgan fingerprint density at radius 2 is 1.90 bits per heavy atom. The van der Waals surface area contributed by atoms with Crippen LogP contribution in [0.15, 0.2) is 54.6 Å². The van der Waals surface area contributed by atoms with Gasteiger partial charge in [-0.15, -0.1) is 0 Å². The average Bonchev–Trinajstić information content (AvgIpc) is 2.85. The molecule has 21 heavy (non-hydrogen) atoms. The first-order valence-electron chi connectivity index (χ1n) is 6.89. The number of rotatable bonds is 3. The maximum Gasteiger partial charge on any atom is 0.171 e. The van der Waals surface area contributed by atoms with Crippen LogP contribution in [0.4, 0.5) is 5.69 Å². The Morgan fingerprint density at radius 1 is 1.10 bits per heavy atom. The highest BCUT2D eigenvalue weighted by atomic mass is 32.1. The zero-order valence-corrected chi connectivity index (χ0v) is 12.6. The Kier molecular flexibility index (Phi) is 3.88. The van der Waals surface area contributed by atoms with Crippen molar-refractivity contribution in [1.29, 1.82) is 0 Å². The first-order chi connectivity index (χ1) is 10.2. The number of hydrogen-bond acceptors (Lipinski definition) is 1. The van der Waals surface area contributed by atoms with Crippen molar-refractivity contribution in [2.75, 3.05) is 5.32 Å². The molecule has 3 rings (SSSR count). The maximum absolute atomic E-state index is 5.31. The topological polar surface area (TPSA) is 39.8 Å². The van der Waals surface area contributed by atoms with Gasteiger partial charge in [-0.2, -0.15) is 0 Å². The molecule has 1 heterocycles. The number of para-hydroxylation sites is 1. The summed E-state index contributed by atoms with van der Waals surface area (Å²) < 4.78 is 0. The average molecular weight is 295 g/mol. The van der Waals surface area contributed by atoms with E-state index in [1.807, 2.05) is 30.3 Å². The van der Waals surface area contributed by atoms with E-state index >= 15 is 0 Å². The molecule has 0 saturated heterocycles. The zero-order valence-electron chi connectivity index (χ0n) is 11.8. The van der Waals surface area contributed by atoms with Gasteiger partial charge in [0, 0.05) is 23.4 Å². The summed E-state index contributed by atoms with van der Waals surface area (Å²) in [5, 5.41) is 8.26. The standard InChI is InChI=1S/C17H17N3S/c1-12-9-14-10-13(7-8-16(14)19-12)11-18-17(21)20-15-5-3-2-4-6-15/h2-10,19H,11H2,1H3,(H2,18,20,21). The molecule has 0 bridgehead atoms. The fraction of sp³-hybridized carbons (Fsp3) is 0.118. The Hall–Kier alpha value is -2.33. The molecule has 0 atom stereocenters. The molecule has 0 radical (unpaired) electrons. The molecule has 0 spiro atoms. The van der Waals surface area contributed by atoms with E-state index in [1.165, 1.54) is 22.2 Å². The first-order valence-corrected chi connectivity index (χ1v) is 7.30. The molecule has 0 fully saturated rings. The Balaban J connectivity index is 1.62. The Morgan fingerprint density at radius 3 is 2.71 bits per heavy atom. The summed E-state index contributed by atoms with van der Waals surface area (Å²) in [4.78, 5) is 3.32. The molecule has 0 unspecified atom stereocenters. The lowest BCUT2D eigenvalue weighted by atomic mass is 10.1. The summed E-state index contributed by atoms with van der Waals surface area (Å²) in [6.07, 6.45) is 0. The predicted molar refractivity (Wildman–Crippen MR) is 92.5 cm³/mol. The summed E-state index contributed by atoms with van der Waals surface area (Å²) in [7, 11) is 0. The SMILES string of the molecule is Cc1cc2cc(CNC(=S)Nc3ccccc3)ccc2[nH]1. The molecule has 0 aliphatic heterocycles. The first kappa shape index (κ1) is 13.6. The van der Waals surface area contributed by atoms with Gasteiger partial charge in [0.25, 0.3) is 0 Å². The van der Waals surface area contributed by atoms with Gasteiger partial charge in [0.15, 0.2) is 5.11 Å². The van der Waals surface area contributed by atoms with E-state index in [9.17, 15) is 0 Å². The summed E-state index contributed by atoms with van der Waals surface area (Å²) in [6, 6.07) is 18.5. The smallest absolute Gasteiger partial charge is 0.171 e. The lowest BCUT2D eigenvalue weighted by Gasteiger charge is -2.10. The highest BCUT2D eigenvalue weighted by Crippen LogP contribution is 2.16. The van der Waals surface area contributed by atoms with E-state index in [1.54, 1.807) is 0 Å². The van der Waals surface area contributed by atoms with Gasteiger partial charge in [-0.05, 0) is 60.4 Å². The minimum atomic E-state index is 0.631. The van der Waals surface area contributed by atoms with Crippen LogP contribution in [0.3, 0.4) is 0 Å². The van der Waals surface area contributed by atoms with Gasteiger partial charge in [-0.25, -0.2) is 0 Å². The normalized spacial score (nSPS) is 10.5. The van der Waals surface area contributed by atoms with E-state index in [0.717, 1.165) is 5.69 Å². The van der Waals surface area contributed by atoms with Crippen molar-refractivity contribution in [3.8, 4) is 0 Å². The minimum Gasteiger partial charge on any atom is -0.359 e. The number of nitrogens with one attached hydrogen (secondary N) is 3. The molecular formula is C17H17N3S. The summed E-state index contributed by atoms with van der Waals surface area (Å²) in [5.74, 6) is 0. The maximum atomic E-state index is 5.31. The fourth-order valence-corrected chi connectivity index (χ4v) is 2.51. The van der Waals surface area contributed by atoms with Gasteiger partial charge >= 0.3 is 0 Å². The van der Waals surface area contributed by atoms with Crippen LogP contribution in [-0.4, -0.2) is 10.1 Å². The van der Waals surface area contributed by atoms with Crippen molar-refractivity contribution in [1.82, 2.24) is 10.3 Å². The van der Waals surface area contributed by atoms with Crippen molar-refractivity contribution in [2.24, 2.45) is 0 Å². The van der Waals surface area contributed by atoms with Crippen LogP contribution in [0, 0.1) is 6.92 Å². The monoisotopic (exact) mass is 295 g/mol. The molecule has 4 heteroatoms. The van der Waals surface area contributed by atoms with Crippen LogP contribution in [0.25, 0.3) is 10.9 Å². The largest absolute Gasteiger partial charge is 0.359 e. The van der Waals surface area contributed by atoms with Crippen LogP contribution in [-0.2, 0) is 6.54 Å². The van der Waals surface area contributed by atoms with Gasteiger partial charge in [-0.3, -0.25) is 0 Å². The molecule has 3 nitrogen and oxygen atoms in total. The van der Waals surface area contributed by atoms with Gasteiger partial charge < -0.3 is 15.6 Å². The number of aromatic nitrogens is 1. The third-order valence-electron chi connectivity index (χ3n) is 3.30. The number of aromatic amines is 1. The van der Waals surface area contributed by atoms with Crippen LogP contribution in [0.1, 0.15) is 11.3 Å². The second kappa shape index (κ2) is 5.97. The number of fused-ring (bicyclic) bond motifs is 1. The number of anilines is 1. The zero-order chi connectivity index (χ0) is 14.7. The molecule has 0 saturated carbocycles. The molecule has 3 aromatic rings. The molecule has 0 aliphatic rings. The molecule has 106 valence electrons. The van der Waals surface area contributed by atoms with E-state index < -0.39 is 0 Å². The predicted octanol–water partition coefficient (Wildman–Crippen LogP) is 3.96. The third-order valence-corrected chi connectivity index (χ3v) is 3.55. The van der Waals surface area contributed by atoms with E-state index in [4.69, 9.17) is 12.2 Å². The van der Waals surface area contributed by atoms with Gasteiger partial charge in [-0.1, -0.05) is 24.3 Å². The van der Waals surface area contributed by atoms with Gasteiger partial charge in [0.2, 0.25) is 0 Å². The molecule has 0 aliphatic carbocycles. The summed E-state index contributed by atoms with van der Waals surface area (Å²) in [6.45, 7) is 2.77. The third kappa shape index (κ3) is 3.41. The minimum absolute atomic E-state index is 0.631. The molecule has 1 aromatic heterocycles. The number of hydrogen-bond donors (Lipinski definition) is 3. The summed E-state index contributed by atoms with van der Waals surface area (Å²) >= 11 is 5.31. The quantitative estimate of drug-likeness (QED) is 0.640. The number of aryl methyl sites for hydroxylation is 1. The second-order valence-corrected chi connectivity index (χ2v) is 5.46. The molecule has 2 aromatic carbocycles. The summed E-state index contributed by atoms with van der Waals surface area (Å²) in [5.41, 5.74) is 4.54. The molecule has 3 N–H and O–H groups in total. The van der Waals surface area contributed by atoms with Gasteiger partial charge in [0.1, 0.15) is 0 Å². The Labute approximate surface area is 129 Å². The second-order valence-electron chi connectivity index (χ2n) is 5.05. The van der Waals surface area contributed by atoms with Crippen molar-refractivity contribution in [3.05, 3.63) is 65.9 Å². The fourth-order valence-electron chi connectivity index (χ4n) is 2.32. The van der Waals surface area contributed by atoms with Crippen molar-refractivity contribution in [2.45, 2.75) is 13.5 Å². The van der Waals surface area contributed by atoms with E-state index in [0.29, 0.717) is 11.7 Å². The van der Waals surface area contributed by atoms with Crippen molar-refractivity contribution in [3.63, 3.8) is 0 Å². The van der Waals surface area contributed by atoms with Crippen LogP contribution < -0.4 is 10.6 Å². The van der Waals surface area contributed by atoms with Crippen LogP contribution in [0.2, 0.25) is 0 Å². The number of H-pyrrole nitrogens is 1. The highest BCUT2D eigenvalue weighted by Gasteiger charge is 2.01. The number of thiocarbonyl (C=S) groups is 1. The lowest BCUT2D eigenvalue weighted by Crippen LogP contribution is -2.27. The molecular weight excluding hydrogens is 278 g/mol. The number of benzene rings is 2. The Bertz CT molecular complexity index is 762. The van der Waals surface area contributed by atoms with Crippen LogP contribution in [0.5, 0.6) is 0 Å². The highest BCUT2D eigenvalue weighted by molar-refractivity contribution is 7.80. The van der Waals surface area contributed by atoms with Gasteiger partial charge in [0.05, 0.1) is 0 Å². The van der Waals surface area contributed by atoms with E-state index in [2.05, 4.69) is 46.8 Å². The van der Waals surface area contributed by atoms with E-state index in [-0.39, 0.29) is 0 Å². The van der Waals surface area contributed by atoms with Crippen molar-refractivity contribution >= 4 is 33.9 Å².